The average molecular weight is 399 g/mol. The first-order chi connectivity index (χ1) is 13.9. The van der Waals surface area contributed by atoms with Gasteiger partial charge >= 0.3 is 6.03 Å². The fraction of sp³-hybridized carbons (Fsp3) is 0.476. The van der Waals surface area contributed by atoms with E-state index >= 15 is 0 Å². The molecule has 2 heterocycles. The van der Waals surface area contributed by atoms with E-state index in [1.807, 2.05) is 37.8 Å². The molecule has 0 atom stereocenters. The second kappa shape index (κ2) is 9.09. The van der Waals surface area contributed by atoms with Crippen LogP contribution in [0.2, 0.25) is 0 Å². The van der Waals surface area contributed by atoms with Crippen LogP contribution in [0.1, 0.15) is 35.7 Å². The van der Waals surface area contributed by atoms with Crippen molar-refractivity contribution in [3.05, 3.63) is 41.3 Å². The van der Waals surface area contributed by atoms with Gasteiger partial charge in [0.25, 0.3) is 5.91 Å². The Morgan fingerprint density at radius 2 is 1.79 bits per heavy atom. The van der Waals surface area contributed by atoms with Crippen LogP contribution >= 0.6 is 0 Å². The van der Waals surface area contributed by atoms with Crippen molar-refractivity contribution in [2.45, 2.75) is 33.4 Å². The number of carbonyl (C=O) groups is 2. The van der Waals surface area contributed by atoms with Gasteiger partial charge in [-0.25, -0.2) is 9.78 Å². The lowest BCUT2D eigenvalue weighted by Gasteiger charge is -2.34. The van der Waals surface area contributed by atoms with E-state index in [1.54, 1.807) is 19.2 Å². The minimum Gasteiger partial charge on any atom is -0.441 e. The van der Waals surface area contributed by atoms with E-state index in [0.29, 0.717) is 31.1 Å². The number of aryl methyl sites for hydroxylation is 1. The third kappa shape index (κ3) is 5.14. The predicted octanol–water partition coefficient (Wildman–Crippen LogP) is 2.25. The number of nitrogens with one attached hydrogen (secondary N) is 2. The number of nitrogens with zero attached hydrogens (tertiary/aromatic N) is 3. The number of carbonyl (C=O) groups excluding carboxylic acids is 2. The Balaban J connectivity index is 1.60. The molecular weight excluding hydrogens is 370 g/mol. The first kappa shape index (κ1) is 20.9. The third-order valence-corrected chi connectivity index (χ3v) is 4.96. The monoisotopic (exact) mass is 399 g/mol. The summed E-state index contributed by atoms with van der Waals surface area (Å²) in [5.41, 5.74) is 2.33. The molecule has 8 nitrogen and oxygen atoms in total. The van der Waals surface area contributed by atoms with Crippen LogP contribution in [0.5, 0.6) is 0 Å². The van der Waals surface area contributed by atoms with E-state index in [1.165, 1.54) is 0 Å². The summed E-state index contributed by atoms with van der Waals surface area (Å²) in [5, 5.41) is 5.54. The zero-order valence-electron chi connectivity index (χ0n) is 17.5. The van der Waals surface area contributed by atoms with Crippen LogP contribution in [0.3, 0.4) is 0 Å². The van der Waals surface area contributed by atoms with E-state index < -0.39 is 0 Å². The van der Waals surface area contributed by atoms with E-state index in [-0.39, 0.29) is 18.0 Å². The molecule has 0 spiro atoms. The summed E-state index contributed by atoms with van der Waals surface area (Å²) in [6, 6.07) is 7.34. The number of oxazole rings is 1. The summed E-state index contributed by atoms with van der Waals surface area (Å²) < 4.78 is 5.86. The van der Waals surface area contributed by atoms with Gasteiger partial charge in [-0.05, 0) is 45.0 Å². The highest BCUT2D eigenvalue weighted by Crippen LogP contribution is 2.23. The van der Waals surface area contributed by atoms with Crippen LogP contribution in [0.25, 0.3) is 11.5 Å². The Labute approximate surface area is 171 Å². The zero-order chi connectivity index (χ0) is 21.0. The first-order valence-electron chi connectivity index (χ1n) is 9.94. The molecule has 1 aliphatic heterocycles. The van der Waals surface area contributed by atoms with Gasteiger partial charge in [0, 0.05) is 56.9 Å². The maximum atomic E-state index is 12.1. The molecule has 156 valence electrons. The van der Waals surface area contributed by atoms with Crippen molar-refractivity contribution in [1.82, 2.24) is 25.4 Å². The van der Waals surface area contributed by atoms with E-state index in [2.05, 4.69) is 20.5 Å². The smallest absolute Gasteiger partial charge is 0.317 e. The molecule has 1 saturated heterocycles. The molecule has 3 rings (SSSR count). The molecular formula is C21H29N5O3. The van der Waals surface area contributed by atoms with Crippen LogP contribution in [-0.2, 0) is 6.54 Å². The topological polar surface area (TPSA) is 90.7 Å². The molecule has 1 fully saturated rings. The van der Waals surface area contributed by atoms with Crippen molar-refractivity contribution in [3.8, 4) is 11.5 Å². The third-order valence-electron chi connectivity index (χ3n) is 4.96. The normalized spacial score (nSPS) is 14.9. The molecule has 0 radical (unpaired) electrons. The van der Waals surface area contributed by atoms with Gasteiger partial charge in [0.1, 0.15) is 5.76 Å². The lowest BCUT2D eigenvalue weighted by Crippen LogP contribution is -2.52. The maximum Gasteiger partial charge on any atom is 0.317 e. The molecule has 0 unspecified atom stereocenters. The number of aromatic nitrogens is 1. The largest absolute Gasteiger partial charge is 0.441 e. The van der Waals surface area contributed by atoms with Crippen molar-refractivity contribution in [2.75, 3.05) is 33.2 Å². The highest BCUT2D eigenvalue weighted by atomic mass is 16.4. The summed E-state index contributed by atoms with van der Waals surface area (Å²) >= 11 is 0. The second-order valence-corrected chi connectivity index (χ2v) is 7.55. The van der Waals surface area contributed by atoms with Crippen LogP contribution in [0, 0.1) is 6.92 Å². The van der Waals surface area contributed by atoms with Gasteiger partial charge in [-0.15, -0.1) is 0 Å². The molecule has 2 aromatic rings. The summed E-state index contributed by atoms with van der Waals surface area (Å²) in [6.45, 7) is 9.52. The van der Waals surface area contributed by atoms with Gasteiger partial charge in [-0.3, -0.25) is 9.69 Å². The number of hydrogen-bond donors (Lipinski definition) is 2. The fourth-order valence-electron chi connectivity index (χ4n) is 3.27. The van der Waals surface area contributed by atoms with Gasteiger partial charge in [0.2, 0.25) is 5.89 Å². The molecule has 0 aliphatic carbocycles. The SMILES string of the molecule is CNC(=O)c1ccc(-c2nc(CN3CCN(C(=O)NC(C)C)CC3)c(C)o2)cc1. The molecule has 2 N–H and O–H groups in total. The number of amides is 3. The zero-order valence-corrected chi connectivity index (χ0v) is 17.5. The van der Waals surface area contributed by atoms with Crippen molar-refractivity contribution in [2.24, 2.45) is 0 Å². The van der Waals surface area contributed by atoms with Gasteiger partial charge in [0.15, 0.2) is 0 Å². The highest BCUT2D eigenvalue weighted by molar-refractivity contribution is 5.94. The van der Waals surface area contributed by atoms with Crippen molar-refractivity contribution in [3.63, 3.8) is 0 Å². The summed E-state index contributed by atoms with van der Waals surface area (Å²) in [7, 11) is 1.61. The molecule has 3 amide bonds. The van der Waals surface area contributed by atoms with Gasteiger partial charge < -0.3 is 20.0 Å². The van der Waals surface area contributed by atoms with Crippen molar-refractivity contribution < 1.29 is 14.0 Å². The minimum atomic E-state index is -0.123. The Kier molecular flexibility index (Phi) is 6.53. The first-order valence-corrected chi connectivity index (χ1v) is 9.94. The average Bonchev–Trinajstić information content (AvgIpc) is 3.08. The molecule has 1 aromatic carbocycles. The fourth-order valence-corrected chi connectivity index (χ4v) is 3.27. The maximum absolute atomic E-state index is 12.1. The number of hydrogen-bond acceptors (Lipinski definition) is 5. The summed E-state index contributed by atoms with van der Waals surface area (Å²) in [4.78, 5) is 32.6. The van der Waals surface area contributed by atoms with Crippen LogP contribution in [0.15, 0.2) is 28.7 Å². The van der Waals surface area contributed by atoms with E-state index in [4.69, 9.17) is 4.42 Å². The molecule has 8 heteroatoms. The number of urea groups is 1. The Morgan fingerprint density at radius 1 is 1.14 bits per heavy atom. The van der Waals surface area contributed by atoms with Gasteiger partial charge in [-0.1, -0.05) is 0 Å². The quantitative estimate of drug-likeness (QED) is 0.805. The number of rotatable bonds is 5. The van der Waals surface area contributed by atoms with E-state index in [0.717, 1.165) is 30.1 Å². The Bertz CT molecular complexity index is 852. The molecule has 29 heavy (non-hydrogen) atoms. The Hall–Kier alpha value is -2.87. The van der Waals surface area contributed by atoms with Crippen molar-refractivity contribution >= 4 is 11.9 Å². The number of piperazine rings is 1. The molecule has 1 aliphatic rings. The van der Waals surface area contributed by atoms with Crippen LogP contribution in [-0.4, -0.2) is 66.0 Å². The summed E-state index contributed by atoms with van der Waals surface area (Å²) in [5.74, 6) is 1.22. The van der Waals surface area contributed by atoms with Gasteiger partial charge in [0.05, 0.1) is 5.69 Å². The van der Waals surface area contributed by atoms with Crippen LogP contribution < -0.4 is 10.6 Å². The predicted molar refractivity (Wildman–Crippen MR) is 111 cm³/mol. The van der Waals surface area contributed by atoms with Crippen LogP contribution in [0.4, 0.5) is 4.79 Å². The minimum absolute atomic E-state index is 0.000227. The molecule has 1 aromatic heterocycles. The van der Waals surface area contributed by atoms with Crippen molar-refractivity contribution in [1.29, 1.82) is 0 Å². The standard InChI is InChI=1S/C21H29N5O3/c1-14(2)23-21(28)26-11-9-25(10-12-26)13-18-15(3)29-20(24-18)17-7-5-16(6-8-17)19(27)22-4/h5-8,14H,9-13H2,1-4H3,(H,22,27)(H,23,28). The lowest BCUT2D eigenvalue weighted by molar-refractivity contribution is 0.0963. The number of benzene rings is 1. The highest BCUT2D eigenvalue weighted by Gasteiger charge is 2.23. The Morgan fingerprint density at radius 3 is 2.38 bits per heavy atom. The molecule has 0 bridgehead atoms. The lowest BCUT2D eigenvalue weighted by atomic mass is 10.1. The van der Waals surface area contributed by atoms with Gasteiger partial charge in [-0.2, -0.15) is 0 Å². The summed E-state index contributed by atoms with van der Waals surface area (Å²) in [6.07, 6.45) is 0. The van der Waals surface area contributed by atoms with E-state index in [9.17, 15) is 9.59 Å². The second-order valence-electron chi connectivity index (χ2n) is 7.55. The molecule has 0 saturated carbocycles.